The summed E-state index contributed by atoms with van der Waals surface area (Å²) >= 11 is 0. The van der Waals surface area contributed by atoms with Gasteiger partial charge in [-0.3, -0.25) is 4.79 Å². The van der Waals surface area contributed by atoms with Crippen molar-refractivity contribution in [2.75, 3.05) is 0 Å². The number of hydrogen-bond donors (Lipinski definition) is 1. The van der Waals surface area contributed by atoms with E-state index in [0.29, 0.717) is 6.42 Å². The number of fused-ring (bicyclic) bond motifs is 1. The van der Waals surface area contributed by atoms with Crippen LogP contribution in [-0.2, 0) is 18.3 Å². The molecule has 1 N–H and O–H groups in total. The van der Waals surface area contributed by atoms with Gasteiger partial charge in [-0.1, -0.05) is 6.07 Å². The Hall–Kier alpha value is -1.77. The molecule has 0 fully saturated rings. The molecule has 0 amide bonds. The topological polar surface area (TPSA) is 42.2 Å². The molecule has 1 aromatic heterocycles. The second kappa shape index (κ2) is 4.00. The summed E-state index contributed by atoms with van der Waals surface area (Å²) < 4.78 is 2.09. The molecule has 2 rings (SSSR count). The molecular weight excluding hydrogens is 202 g/mol. The van der Waals surface area contributed by atoms with Crippen molar-refractivity contribution in [1.82, 2.24) is 4.57 Å². The second-order valence-electron chi connectivity index (χ2n) is 4.17. The highest BCUT2D eigenvalue weighted by molar-refractivity contribution is 5.84. The SMILES string of the molecule is Cc1cc(CCC(=O)O)cc2ccn(C)c12. The van der Waals surface area contributed by atoms with E-state index in [1.807, 2.05) is 13.2 Å². The molecule has 0 saturated carbocycles. The Bertz CT molecular complexity index is 540. The third kappa shape index (κ3) is 1.94. The van der Waals surface area contributed by atoms with E-state index in [0.717, 1.165) is 5.56 Å². The number of aromatic nitrogens is 1. The first-order valence-corrected chi connectivity index (χ1v) is 5.34. The van der Waals surface area contributed by atoms with Crippen molar-refractivity contribution in [3.63, 3.8) is 0 Å². The zero-order valence-electron chi connectivity index (χ0n) is 9.53. The molecule has 0 aliphatic heterocycles. The maximum atomic E-state index is 10.5. The zero-order chi connectivity index (χ0) is 11.7. The second-order valence-corrected chi connectivity index (χ2v) is 4.17. The van der Waals surface area contributed by atoms with Crippen molar-refractivity contribution in [3.8, 4) is 0 Å². The van der Waals surface area contributed by atoms with Gasteiger partial charge in [-0.15, -0.1) is 0 Å². The number of nitrogens with zero attached hydrogens (tertiary/aromatic N) is 1. The summed E-state index contributed by atoms with van der Waals surface area (Å²) in [6.07, 6.45) is 2.82. The van der Waals surface area contributed by atoms with Crippen molar-refractivity contribution in [1.29, 1.82) is 0 Å². The van der Waals surface area contributed by atoms with Gasteiger partial charge in [0, 0.05) is 25.1 Å². The molecule has 0 saturated heterocycles. The Labute approximate surface area is 94.3 Å². The van der Waals surface area contributed by atoms with Gasteiger partial charge in [0.15, 0.2) is 0 Å². The predicted octanol–water partition coefficient (Wildman–Crippen LogP) is 2.50. The van der Waals surface area contributed by atoms with E-state index in [-0.39, 0.29) is 6.42 Å². The van der Waals surface area contributed by atoms with Crippen molar-refractivity contribution in [2.45, 2.75) is 19.8 Å². The van der Waals surface area contributed by atoms with Gasteiger partial charge in [0.1, 0.15) is 0 Å². The Balaban J connectivity index is 2.38. The zero-order valence-corrected chi connectivity index (χ0v) is 9.53. The fourth-order valence-corrected chi connectivity index (χ4v) is 2.15. The standard InChI is InChI=1S/C13H15NO2/c1-9-7-10(3-4-12(15)16)8-11-5-6-14(2)13(9)11/h5-8H,3-4H2,1-2H3,(H,15,16). The number of rotatable bonds is 3. The summed E-state index contributed by atoms with van der Waals surface area (Å²) in [4.78, 5) is 10.5. The summed E-state index contributed by atoms with van der Waals surface area (Å²) in [6, 6.07) is 6.21. The third-order valence-corrected chi connectivity index (χ3v) is 2.85. The summed E-state index contributed by atoms with van der Waals surface area (Å²) in [5, 5.41) is 9.84. The highest BCUT2D eigenvalue weighted by Crippen LogP contribution is 2.21. The van der Waals surface area contributed by atoms with Gasteiger partial charge < -0.3 is 9.67 Å². The molecule has 16 heavy (non-hydrogen) atoms. The number of hydrogen-bond acceptors (Lipinski definition) is 1. The maximum Gasteiger partial charge on any atom is 0.303 e. The van der Waals surface area contributed by atoms with Crippen LogP contribution < -0.4 is 0 Å². The van der Waals surface area contributed by atoms with Crippen LogP contribution in [0.15, 0.2) is 24.4 Å². The summed E-state index contributed by atoms with van der Waals surface area (Å²) in [6.45, 7) is 2.06. The van der Waals surface area contributed by atoms with Gasteiger partial charge in [0.25, 0.3) is 0 Å². The van der Waals surface area contributed by atoms with Crippen LogP contribution >= 0.6 is 0 Å². The Morgan fingerprint density at radius 2 is 2.19 bits per heavy atom. The van der Waals surface area contributed by atoms with Gasteiger partial charge in [-0.25, -0.2) is 0 Å². The van der Waals surface area contributed by atoms with Crippen LogP contribution in [-0.4, -0.2) is 15.6 Å². The van der Waals surface area contributed by atoms with E-state index >= 15 is 0 Å². The van der Waals surface area contributed by atoms with Crippen LogP contribution in [0.2, 0.25) is 0 Å². The van der Waals surface area contributed by atoms with Gasteiger partial charge in [0.2, 0.25) is 0 Å². The number of carbonyl (C=O) groups is 1. The smallest absolute Gasteiger partial charge is 0.303 e. The number of aryl methyl sites for hydroxylation is 3. The average Bonchev–Trinajstić information content (AvgIpc) is 2.58. The molecule has 1 aromatic carbocycles. The fraction of sp³-hybridized carbons (Fsp3) is 0.308. The lowest BCUT2D eigenvalue weighted by Crippen LogP contribution is -1.98. The molecule has 2 aromatic rings. The van der Waals surface area contributed by atoms with Gasteiger partial charge in [-0.2, -0.15) is 0 Å². The van der Waals surface area contributed by atoms with E-state index < -0.39 is 5.97 Å². The lowest BCUT2D eigenvalue weighted by atomic mass is 10.0. The molecule has 84 valence electrons. The first kappa shape index (κ1) is 10.7. The summed E-state index contributed by atoms with van der Waals surface area (Å²) in [7, 11) is 2.02. The van der Waals surface area contributed by atoms with Crippen LogP contribution in [0.3, 0.4) is 0 Å². The molecule has 3 nitrogen and oxygen atoms in total. The van der Waals surface area contributed by atoms with Crippen LogP contribution in [0.25, 0.3) is 10.9 Å². The van der Waals surface area contributed by atoms with Crippen LogP contribution in [0, 0.1) is 6.92 Å². The normalized spacial score (nSPS) is 10.9. The number of carboxylic acid groups (broad SMARTS) is 1. The molecular formula is C13H15NO2. The molecule has 0 atom stereocenters. The summed E-state index contributed by atoms with van der Waals surface area (Å²) in [5.74, 6) is -0.745. The first-order chi connectivity index (χ1) is 7.58. The molecule has 0 spiro atoms. The van der Waals surface area contributed by atoms with E-state index in [9.17, 15) is 4.79 Å². The van der Waals surface area contributed by atoms with Crippen molar-refractivity contribution in [3.05, 3.63) is 35.5 Å². The first-order valence-electron chi connectivity index (χ1n) is 5.34. The van der Waals surface area contributed by atoms with Gasteiger partial charge >= 0.3 is 5.97 Å². The van der Waals surface area contributed by atoms with Crippen LogP contribution in [0.5, 0.6) is 0 Å². The molecule has 0 radical (unpaired) electrons. The highest BCUT2D eigenvalue weighted by atomic mass is 16.4. The Kier molecular flexibility index (Phi) is 2.69. The summed E-state index contributed by atoms with van der Waals surface area (Å²) in [5.41, 5.74) is 3.52. The third-order valence-electron chi connectivity index (χ3n) is 2.85. The van der Waals surface area contributed by atoms with Crippen LogP contribution in [0.4, 0.5) is 0 Å². The largest absolute Gasteiger partial charge is 0.481 e. The number of benzene rings is 1. The Morgan fingerprint density at radius 1 is 1.44 bits per heavy atom. The lowest BCUT2D eigenvalue weighted by Gasteiger charge is -2.05. The minimum Gasteiger partial charge on any atom is -0.481 e. The fourth-order valence-electron chi connectivity index (χ4n) is 2.15. The molecule has 0 aliphatic carbocycles. The molecule has 0 unspecified atom stereocenters. The number of carboxylic acids is 1. The van der Waals surface area contributed by atoms with E-state index in [1.54, 1.807) is 0 Å². The van der Waals surface area contributed by atoms with Gasteiger partial charge in [-0.05, 0) is 36.6 Å². The van der Waals surface area contributed by atoms with Crippen molar-refractivity contribution < 1.29 is 9.90 Å². The minimum absolute atomic E-state index is 0.192. The van der Waals surface area contributed by atoms with Crippen molar-refractivity contribution >= 4 is 16.9 Å². The molecule has 0 aliphatic rings. The van der Waals surface area contributed by atoms with E-state index in [4.69, 9.17) is 5.11 Å². The molecule has 1 heterocycles. The van der Waals surface area contributed by atoms with E-state index in [2.05, 4.69) is 29.7 Å². The van der Waals surface area contributed by atoms with E-state index in [1.165, 1.54) is 16.5 Å². The molecule has 3 heteroatoms. The van der Waals surface area contributed by atoms with Crippen molar-refractivity contribution in [2.24, 2.45) is 7.05 Å². The Morgan fingerprint density at radius 3 is 2.88 bits per heavy atom. The number of aliphatic carboxylic acids is 1. The minimum atomic E-state index is -0.745. The maximum absolute atomic E-state index is 10.5. The highest BCUT2D eigenvalue weighted by Gasteiger charge is 2.05. The quantitative estimate of drug-likeness (QED) is 0.858. The molecule has 0 bridgehead atoms. The van der Waals surface area contributed by atoms with Gasteiger partial charge in [0.05, 0.1) is 5.52 Å². The van der Waals surface area contributed by atoms with Crippen LogP contribution in [0.1, 0.15) is 17.5 Å². The predicted molar refractivity (Wildman–Crippen MR) is 63.6 cm³/mol. The monoisotopic (exact) mass is 217 g/mol. The average molecular weight is 217 g/mol. The lowest BCUT2D eigenvalue weighted by molar-refractivity contribution is -0.136.